The van der Waals surface area contributed by atoms with E-state index in [1.54, 1.807) is 10.1 Å². The first kappa shape index (κ1) is 47.5. The minimum absolute atomic E-state index is 0. The molecule has 3 nitrogen and oxygen atoms in total. The van der Waals surface area contributed by atoms with Gasteiger partial charge in [-0.2, -0.15) is 0 Å². The maximum Gasteiger partial charge on any atom is 2.00 e. The second-order valence-corrected chi connectivity index (χ2v) is 0. The van der Waals surface area contributed by atoms with Crippen molar-refractivity contribution in [2.75, 3.05) is 0 Å². The molecule has 24 valence electrons. The Balaban J connectivity index is -0.00000000167. The maximum atomic E-state index is 8.06. The van der Waals surface area contributed by atoms with E-state index in [1.165, 1.54) is 0 Å². The molecule has 0 aromatic carbocycles. The third-order valence-electron chi connectivity index (χ3n) is 0. The van der Waals surface area contributed by atoms with Crippen molar-refractivity contribution in [1.82, 2.24) is 0 Å². The van der Waals surface area contributed by atoms with E-state index in [4.69, 9.17) is 4.46 Å². The molecule has 0 atom stereocenters. The van der Waals surface area contributed by atoms with Crippen molar-refractivity contribution in [1.29, 1.82) is 0 Å². The second kappa shape index (κ2) is 184. The van der Waals surface area contributed by atoms with Gasteiger partial charge in [0.1, 0.15) is 0 Å². The van der Waals surface area contributed by atoms with Gasteiger partial charge in [-0.25, -0.2) is 0 Å². The van der Waals surface area contributed by atoms with E-state index in [9.17, 15) is 0 Å². The van der Waals surface area contributed by atoms with Gasteiger partial charge in [0.15, 0.2) is 0 Å². The molecule has 0 spiro atoms. The van der Waals surface area contributed by atoms with Crippen molar-refractivity contribution >= 4 is 10.1 Å². The van der Waals surface area contributed by atoms with E-state index in [0.717, 1.165) is 0 Å². The SMILES string of the molecule is O=[Si+2].[O-2].[O-2].[Zn+2]. The van der Waals surface area contributed by atoms with E-state index >= 15 is 0 Å². The summed E-state index contributed by atoms with van der Waals surface area (Å²) in [4.78, 5) is 0. The summed E-state index contributed by atoms with van der Waals surface area (Å²) in [6, 6.07) is 0. The van der Waals surface area contributed by atoms with Gasteiger partial charge in [-0.3, -0.25) is 0 Å². The molecule has 5 heteroatoms. The van der Waals surface area contributed by atoms with Gasteiger partial charge in [-0.1, -0.05) is 0 Å². The summed E-state index contributed by atoms with van der Waals surface area (Å²) in [5.41, 5.74) is 0. The van der Waals surface area contributed by atoms with Crippen LogP contribution in [0.25, 0.3) is 0 Å². The molecule has 0 aromatic heterocycles. The molecule has 0 aliphatic rings. The van der Waals surface area contributed by atoms with Gasteiger partial charge < -0.3 is 11.0 Å². The Bertz CT molecular complexity index is 6.85. The van der Waals surface area contributed by atoms with E-state index in [2.05, 4.69) is 0 Å². The van der Waals surface area contributed by atoms with Gasteiger partial charge in [0.2, 0.25) is 0 Å². The zero-order valence-electron chi connectivity index (χ0n) is 2.43. The Morgan fingerprint density at radius 1 is 1.00 bits per heavy atom. The fourth-order valence-electron chi connectivity index (χ4n) is 0. The summed E-state index contributed by atoms with van der Waals surface area (Å²) >= 11 is 0. The van der Waals surface area contributed by atoms with E-state index in [1.807, 2.05) is 0 Å². The molecule has 5 heavy (non-hydrogen) atoms. The monoisotopic (exact) mass is 140 g/mol. The van der Waals surface area contributed by atoms with Crippen molar-refractivity contribution in [2.24, 2.45) is 0 Å². The van der Waals surface area contributed by atoms with E-state index in [0.29, 0.717) is 0 Å². The Hall–Kier alpha value is 0.560. The number of rotatable bonds is 0. The molecule has 0 aliphatic carbocycles. The number of hydrogen-bond acceptors (Lipinski definition) is 1. The van der Waals surface area contributed by atoms with Crippen molar-refractivity contribution in [3.63, 3.8) is 0 Å². The van der Waals surface area contributed by atoms with Crippen LogP contribution in [0.1, 0.15) is 0 Å². The van der Waals surface area contributed by atoms with Gasteiger partial charge in [-0.15, -0.1) is 0 Å². The molecule has 0 rings (SSSR count). The molecular weight excluding hydrogens is 141 g/mol. The Morgan fingerprint density at radius 2 is 1.00 bits per heavy atom. The third kappa shape index (κ3) is 95.2. The Kier molecular flexibility index (Phi) is 1750. The number of hydrogen-bond donors (Lipinski definition) is 0. The van der Waals surface area contributed by atoms with Gasteiger partial charge in [0.05, 0.1) is 0 Å². The van der Waals surface area contributed by atoms with Gasteiger partial charge in [-0.05, 0) is 0 Å². The predicted octanol–water partition coefficient (Wildman–Crippen LogP) is -0.740. The topological polar surface area (TPSA) is 74.1 Å². The van der Waals surface area contributed by atoms with Gasteiger partial charge >= 0.3 is 34.1 Å². The molecule has 0 aromatic rings. The smallest absolute Gasteiger partial charge is 2.00 e. The normalized spacial score (nSPS) is 1.20. The van der Waals surface area contributed by atoms with Crippen molar-refractivity contribution in [3.05, 3.63) is 0 Å². The molecule has 0 amide bonds. The summed E-state index contributed by atoms with van der Waals surface area (Å²) in [5, 5.41) is 0. The minimum atomic E-state index is 0. The van der Waals surface area contributed by atoms with Crippen molar-refractivity contribution in [2.45, 2.75) is 0 Å². The molecular formula is O3SiZn. The van der Waals surface area contributed by atoms with Crippen LogP contribution in [0.15, 0.2) is 0 Å². The molecule has 0 unspecified atom stereocenters. The standard InChI is InChI=1S/OSi.2O.Zn/c1-2;;;/q+2;2*-2;+2. The first-order valence-corrected chi connectivity index (χ1v) is 0.612. The molecule has 0 radical (unpaired) electrons. The van der Waals surface area contributed by atoms with Crippen LogP contribution >= 0.6 is 0 Å². The average molecular weight is 141 g/mol. The quantitative estimate of drug-likeness (QED) is 0.410. The summed E-state index contributed by atoms with van der Waals surface area (Å²) in [7, 11) is 1.72. The van der Waals surface area contributed by atoms with Gasteiger partial charge in [0, 0.05) is 0 Å². The fraction of sp³-hybridized carbons (Fsp3) is 0. The summed E-state index contributed by atoms with van der Waals surface area (Å²) in [6.07, 6.45) is 0. The summed E-state index contributed by atoms with van der Waals surface area (Å²) < 4.78 is 8.06. The van der Waals surface area contributed by atoms with E-state index < -0.39 is 0 Å². The van der Waals surface area contributed by atoms with E-state index in [-0.39, 0.29) is 30.4 Å². The average Bonchev–Trinajstić information content (AvgIpc) is 1.00. The van der Waals surface area contributed by atoms with Crippen molar-refractivity contribution in [3.8, 4) is 0 Å². The Labute approximate surface area is 45.6 Å². The maximum absolute atomic E-state index is 8.06. The zero-order valence-corrected chi connectivity index (χ0v) is 6.40. The minimum Gasteiger partial charge on any atom is -2.00 e. The van der Waals surface area contributed by atoms with Crippen LogP contribution in [0, 0.1) is 0 Å². The Morgan fingerprint density at radius 3 is 1.00 bits per heavy atom. The molecule has 0 aliphatic heterocycles. The van der Waals surface area contributed by atoms with Crippen molar-refractivity contribution < 1.29 is 34.9 Å². The molecule has 0 N–H and O–H groups in total. The third-order valence-corrected chi connectivity index (χ3v) is 0. The van der Waals surface area contributed by atoms with Crippen LogP contribution in [0.4, 0.5) is 0 Å². The first-order valence-electron chi connectivity index (χ1n) is 0.204. The molecule has 0 fully saturated rings. The fourth-order valence-corrected chi connectivity index (χ4v) is 0. The van der Waals surface area contributed by atoms with Crippen LogP contribution in [0.2, 0.25) is 0 Å². The van der Waals surface area contributed by atoms with Crippen LogP contribution in [-0.4, -0.2) is 10.1 Å². The first-order chi connectivity index (χ1) is 1.00. The van der Waals surface area contributed by atoms with Gasteiger partial charge in [0.25, 0.3) is 0 Å². The van der Waals surface area contributed by atoms with Crippen LogP contribution in [0.3, 0.4) is 0 Å². The largest absolute Gasteiger partial charge is 2.00 e. The molecule has 0 saturated carbocycles. The second-order valence-electron chi connectivity index (χ2n) is 0. The summed E-state index contributed by atoms with van der Waals surface area (Å²) in [5.74, 6) is 0. The predicted molar refractivity (Wildman–Crippen MR) is 7.81 cm³/mol. The zero-order chi connectivity index (χ0) is 2.00. The molecule has 0 bridgehead atoms. The van der Waals surface area contributed by atoms with Crippen LogP contribution in [-0.2, 0) is 34.9 Å². The summed E-state index contributed by atoms with van der Waals surface area (Å²) in [6.45, 7) is 0. The molecule has 0 saturated heterocycles. The van der Waals surface area contributed by atoms with Crippen LogP contribution in [0.5, 0.6) is 0 Å². The van der Waals surface area contributed by atoms with Crippen LogP contribution < -0.4 is 0 Å². The molecule has 0 heterocycles.